The van der Waals surface area contributed by atoms with E-state index in [0.717, 1.165) is 5.56 Å². The standard InChI is InChI=1S/C22H24F2N8O2/c1-11-27-19-15(32(11)10-16(23)24)6-12(7-25-19)14-8-26-20-18(14)21(34-3)30-22(29-20)28-13-4-5-17(33)31(2)9-13/h6-8,13,16H,4-5,9-10H2,1-3H3,(H2,26,28,29,30)/t13-/m0/s1. The zero-order valence-electron chi connectivity index (χ0n) is 19.0. The summed E-state index contributed by atoms with van der Waals surface area (Å²) in [5.74, 6) is 1.35. The Bertz CT molecular complexity index is 1380. The largest absolute Gasteiger partial charge is 0.480 e. The van der Waals surface area contributed by atoms with Crippen molar-refractivity contribution in [3.05, 3.63) is 24.3 Å². The number of methoxy groups -OCH3 is 1. The fourth-order valence-corrected chi connectivity index (χ4v) is 4.39. The molecule has 178 valence electrons. The Morgan fingerprint density at radius 2 is 2.15 bits per heavy atom. The van der Waals surface area contributed by atoms with E-state index in [1.165, 1.54) is 11.7 Å². The van der Waals surface area contributed by atoms with Crippen LogP contribution in [0.1, 0.15) is 18.7 Å². The summed E-state index contributed by atoms with van der Waals surface area (Å²) in [6.45, 7) is 1.79. The molecule has 4 aromatic rings. The average molecular weight is 470 g/mol. The van der Waals surface area contributed by atoms with Gasteiger partial charge in [0.15, 0.2) is 5.65 Å². The van der Waals surface area contributed by atoms with Crippen molar-refractivity contribution in [2.45, 2.75) is 38.8 Å². The van der Waals surface area contributed by atoms with E-state index in [-0.39, 0.29) is 11.9 Å². The SMILES string of the molecule is COc1nc(N[C@H]2CCC(=O)N(C)C2)nc2[nH]cc(-c3cnc4nc(C)n(CC(F)F)c4c3)c12. The van der Waals surface area contributed by atoms with Gasteiger partial charge in [0.05, 0.1) is 24.6 Å². The number of piperidine rings is 1. The number of carbonyl (C=O) groups excluding carboxylic acids is 1. The third-order valence-electron chi connectivity index (χ3n) is 6.08. The van der Waals surface area contributed by atoms with Crippen LogP contribution in [0.15, 0.2) is 18.5 Å². The van der Waals surface area contributed by atoms with Gasteiger partial charge in [-0.1, -0.05) is 0 Å². The molecule has 1 aliphatic rings. The van der Waals surface area contributed by atoms with Gasteiger partial charge in [0.1, 0.15) is 11.5 Å². The third kappa shape index (κ3) is 3.88. The average Bonchev–Trinajstić information content (AvgIpc) is 3.36. The molecule has 1 aliphatic heterocycles. The minimum Gasteiger partial charge on any atom is -0.480 e. The van der Waals surface area contributed by atoms with Crippen molar-refractivity contribution in [1.82, 2.24) is 34.4 Å². The lowest BCUT2D eigenvalue weighted by Gasteiger charge is -2.30. The van der Waals surface area contributed by atoms with Crippen LogP contribution in [0.5, 0.6) is 5.88 Å². The number of nitrogens with zero attached hydrogens (tertiary/aromatic N) is 6. The highest BCUT2D eigenvalue weighted by Crippen LogP contribution is 2.35. The molecule has 4 aromatic heterocycles. The quantitative estimate of drug-likeness (QED) is 0.445. The van der Waals surface area contributed by atoms with Crippen LogP contribution in [-0.4, -0.2) is 73.5 Å². The highest BCUT2D eigenvalue weighted by molar-refractivity contribution is 5.98. The summed E-state index contributed by atoms with van der Waals surface area (Å²) in [6, 6.07) is 1.82. The molecule has 0 spiro atoms. The summed E-state index contributed by atoms with van der Waals surface area (Å²) < 4.78 is 33.2. The summed E-state index contributed by atoms with van der Waals surface area (Å²) >= 11 is 0. The van der Waals surface area contributed by atoms with Crippen LogP contribution in [0.3, 0.4) is 0 Å². The van der Waals surface area contributed by atoms with E-state index in [2.05, 4.69) is 30.2 Å². The monoisotopic (exact) mass is 470 g/mol. The van der Waals surface area contributed by atoms with Gasteiger partial charge in [0, 0.05) is 49.6 Å². The molecule has 0 bridgehead atoms. The normalized spacial score (nSPS) is 16.7. The predicted octanol–water partition coefficient (Wildman–Crippen LogP) is 2.98. The van der Waals surface area contributed by atoms with Crippen molar-refractivity contribution in [2.24, 2.45) is 0 Å². The number of hydrogen-bond donors (Lipinski definition) is 2. The molecule has 1 saturated heterocycles. The number of aromatic nitrogens is 6. The third-order valence-corrected chi connectivity index (χ3v) is 6.08. The Kier molecular flexibility index (Phi) is 5.50. The molecule has 12 heteroatoms. The summed E-state index contributed by atoms with van der Waals surface area (Å²) in [5.41, 5.74) is 2.93. The predicted molar refractivity (Wildman–Crippen MR) is 122 cm³/mol. The second-order valence-electron chi connectivity index (χ2n) is 8.36. The maximum absolute atomic E-state index is 13.1. The molecule has 10 nitrogen and oxygen atoms in total. The van der Waals surface area contributed by atoms with E-state index in [9.17, 15) is 13.6 Å². The topological polar surface area (TPSA) is 114 Å². The highest BCUT2D eigenvalue weighted by Gasteiger charge is 2.24. The zero-order valence-corrected chi connectivity index (χ0v) is 19.0. The fourth-order valence-electron chi connectivity index (χ4n) is 4.39. The number of hydrogen-bond acceptors (Lipinski definition) is 7. The number of alkyl halides is 2. The first-order valence-electron chi connectivity index (χ1n) is 10.9. The molecule has 1 atom stereocenters. The molecule has 5 heterocycles. The van der Waals surface area contributed by atoms with Crippen LogP contribution in [0, 0.1) is 6.92 Å². The van der Waals surface area contributed by atoms with E-state index >= 15 is 0 Å². The van der Waals surface area contributed by atoms with Gasteiger partial charge in [0.2, 0.25) is 17.7 Å². The Balaban J connectivity index is 1.52. The first-order chi connectivity index (χ1) is 16.3. The number of aryl methyl sites for hydroxylation is 1. The van der Waals surface area contributed by atoms with Crippen molar-refractivity contribution in [1.29, 1.82) is 0 Å². The number of amides is 1. The van der Waals surface area contributed by atoms with Gasteiger partial charge in [-0.05, 0) is 19.4 Å². The molecule has 0 aromatic carbocycles. The summed E-state index contributed by atoms with van der Waals surface area (Å²) in [6.07, 6.45) is 2.07. The number of imidazole rings is 1. The molecule has 1 amide bonds. The van der Waals surface area contributed by atoms with Crippen LogP contribution in [-0.2, 0) is 11.3 Å². The van der Waals surface area contributed by atoms with Gasteiger partial charge in [-0.25, -0.2) is 18.7 Å². The van der Waals surface area contributed by atoms with Crippen LogP contribution in [0.2, 0.25) is 0 Å². The molecule has 0 saturated carbocycles. The Hall–Kier alpha value is -3.83. The lowest BCUT2D eigenvalue weighted by Crippen LogP contribution is -2.43. The number of H-pyrrole nitrogens is 1. The number of ether oxygens (including phenoxy) is 1. The molecule has 0 aliphatic carbocycles. The van der Waals surface area contributed by atoms with Gasteiger partial charge in [0.25, 0.3) is 6.43 Å². The first-order valence-corrected chi connectivity index (χ1v) is 10.9. The smallest absolute Gasteiger partial charge is 0.256 e. The minimum absolute atomic E-state index is 0.0317. The maximum Gasteiger partial charge on any atom is 0.256 e. The van der Waals surface area contributed by atoms with Crippen molar-refractivity contribution < 1.29 is 18.3 Å². The summed E-state index contributed by atoms with van der Waals surface area (Å²) in [4.78, 5) is 34.4. The number of likely N-dealkylation sites (N-methyl/N-ethyl adjacent to an activating group) is 1. The zero-order chi connectivity index (χ0) is 24.0. The number of anilines is 1. The van der Waals surface area contributed by atoms with Crippen molar-refractivity contribution in [3.63, 3.8) is 0 Å². The van der Waals surface area contributed by atoms with Crippen molar-refractivity contribution in [2.75, 3.05) is 26.0 Å². The van der Waals surface area contributed by atoms with E-state index in [1.54, 1.807) is 37.3 Å². The molecular weight excluding hydrogens is 446 g/mol. The summed E-state index contributed by atoms with van der Waals surface area (Å²) in [7, 11) is 3.30. The number of rotatable bonds is 6. The number of pyridine rings is 1. The van der Waals surface area contributed by atoms with Gasteiger partial charge in [-0.15, -0.1) is 0 Å². The number of carbonyl (C=O) groups is 1. The highest BCUT2D eigenvalue weighted by atomic mass is 19.3. The van der Waals surface area contributed by atoms with Gasteiger partial charge >= 0.3 is 0 Å². The molecule has 1 fully saturated rings. The molecule has 5 rings (SSSR count). The second kappa shape index (κ2) is 8.50. The van der Waals surface area contributed by atoms with E-state index in [4.69, 9.17) is 4.74 Å². The number of fused-ring (bicyclic) bond motifs is 2. The minimum atomic E-state index is -2.51. The second-order valence-corrected chi connectivity index (χ2v) is 8.36. The lowest BCUT2D eigenvalue weighted by molar-refractivity contribution is -0.132. The van der Waals surface area contributed by atoms with E-state index < -0.39 is 13.0 Å². The van der Waals surface area contributed by atoms with Crippen LogP contribution < -0.4 is 10.1 Å². The molecule has 0 unspecified atom stereocenters. The number of aromatic amines is 1. The van der Waals surface area contributed by atoms with E-state index in [0.29, 0.717) is 64.8 Å². The van der Waals surface area contributed by atoms with E-state index in [1.807, 2.05) is 0 Å². The molecule has 34 heavy (non-hydrogen) atoms. The van der Waals surface area contributed by atoms with Crippen molar-refractivity contribution in [3.8, 4) is 17.0 Å². The van der Waals surface area contributed by atoms with Crippen LogP contribution in [0.25, 0.3) is 33.3 Å². The van der Waals surface area contributed by atoms with Gasteiger partial charge in [-0.3, -0.25) is 4.79 Å². The Morgan fingerprint density at radius 3 is 2.88 bits per heavy atom. The maximum atomic E-state index is 13.1. The van der Waals surface area contributed by atoms with Crippen molar-refractivity contribution >= 4 is 34.1 Å². The Morgan fingerprint density at radius 1 is 1.32 bits per heavy atom. The van der Waals surface area contributed by atoms with Crippen LogP contribution >= 0.6 is 0 Å². The van der Waals surface area contributed by atoms with Gasteiger partial charge in [-0.2, -0.15) is 9.97 Å². The number of nitrogens with one attached hydrogen (secondary N) is 2. The van der Waals surface area contributed by atoms with Gasteiger partial charge < -0.3 is 24.5 Å². The molecular formula is C22H24F2N8O2. The Labute approximate surface area is 193 Å². The number of likely N-dealkylation sites (tertiary alicyclic amines) is 1. The first kappa shape index (κ1) is 22.0. The molecule has 0 radical (unpaired) electrons. The lowest BCUT2D eigenvalue weighted by atomic mass is 10.1. The summed E-state index contributed by atoms with van der Waals surface area (Å²) in [5, 5.41) is 3.94. The number of halogens is 2. The van der Waals surface area contributed by atoms with Crippen LogP contribution in [0.4, 0.5) is 14.7 Å². The molecule has 2 N–H and O–H groups in total. The fraction of sp³-hybridized carbons (Fsp3) is 0.409.